The van der Waals surface area contributed by atoms with Crippen molar-refractivity contribution in [2.45, 2.75) is 59.8 Å². The van der Waals surface area contributed by atoms with Crippen LogP contribution in [0.5, 0.6) is 11.6 Å². The number of allylic oxidation sites excluding steroid dienone is 4. The topological polar surface area (TPSA) is 57.5 Å². The van der Waals surface area contributed by atoms with Crippen molar-refractivity contribution in [3.8, 4) is 11.6 Å². The molecule has 1 aromatic heterocycles. The molecule has 1 fully saturated rings. The quantitative estimate of drug-likeness (QED) is 0.170. The van der Waals surface area contributed by atoms with Crippen LogP contribution in [0.2, 0.25) is 0 Å². The van der Waals surface area contributed by atoms with E-state index in [0.29, 0.717) is 48.0 Å². The zero-order valence-corrected chi connectivity index (χ0v) is 24.8. The molecule has 0 spiro atoms. The average molecular weight is 570 g/mol. The standard InChI is InChI=1S/C23H28F3N3O3S.C4H8.C2H6/c1-16-5-7-19(8-6-16)32-21-12-20(27-29(21)9-10-30-4)17(2)11-18(3)22(13-31-14-22)28-33-15-23(24,25)26;1-3-4-2;1-2/h5-8,11-12,28H,2,9-10,13-15H2,1,3-4H3;3-4H,1-2H3;1-2H3/b18-11+;4-3-;. The SMILES string of the molecule is C/C=C\C.C=C(/C=C(\C)C1(NSCC(F)(F)F)COC1)c1cc(Oc2ccc(C)cc2)n(CCOC)n1.CC. The molecule has 3 rings (SSSR count). The van der Waals surface area contributed by atoms with Crippen LogP contribution in [0.4, 0.5) is 13.2 Å². The van der Waals surface area contributed by atoms with E-state index in [1.165, 1.54) is 0 Å². The van der Waals surface area contributed by atoms with Gasteiger partial charge in [0.15, 0.2) is 0 Å². The molecule has 0 atom stereocenters. The molecule has 0 amide bonds. The fourth-order valence-electron chi connectivity index (χ4n) is 3.11. The predicted octanol–water partition coefficient (Wildman–Crippen LogP) is 7.77. The normalized spacial score (nSPS) is 14.6. The highest BCUT2D eigenvalue weighted by Gasteiger charge is 2.41. The summed E-state index contributed by atoms with van der Waals surface area (Å²) in [6, 6.07) is 9.47. The van der Waals surface area contributed by atoms with Crippen molar-refractivity contribution in [2.75, 3.05) is 32.7 Å². The molecular weight excluding hydrogens is 527 g/mol. The Bertz CT molecular complexity index is 1060. The number of rotatable bonds is 11. The molecule has 0 unspecified atom stereocenters. The molecule has 1 saturated heterocycles. The van der Waals surface area contributed by atoms with Crippen molar-refractivity contribution in [2.24, 2.45) is 0 Å². The predicted molar refractivity (Wildman–Crippen MR) is 155 cm³/mol. The van der Waals surface area contributed by atoms with E-state index >= 15 is 0 Å². The van der Waals surface area contributed by atoms with Crippen LogP contribution in [0, 0.1) is 6.92 Å². The van der Waals surface area contributed by atoms with Gasteiger partial charge >= 0.3 is 6.18 Å². The number of aromatic nitrogens is 2. The van der Waals surface area contributed by atoms with Crippen LogP contribution >= 0.6 is 11.9 Å². The largest absolute Gasteiger partial charge is 0.439 e. The Morgan fingerprint density at radius 3 is 2.31 bits per heavy atom. The van der Waals surface area contributed by atoms with Crippen molar-refractivity contribution in [3.63, 3.8) is 0 Å². The van der Waals surface area contributed by atoms with Gasteiger partial charge in [-0.25, -0.2) is 9.40 Å². The molecule has 10 heteroatoms. The fraction of sp³-hybridized carbons (Fsp3) is 0.483. The van der Waals surface area contributed by atoms with Crippen LogP contribution in [-0.4, -0.2) is 54.2 Å². The van der Waals surface area contributed by atoms with Crippen LogP contribution < -0.4 is 9.46 Å². The lowest BCUT2D eigenvalue weighted by molar-refractivity contribution is -0.105. The number of alkyl halides is 3. The molecule has 6 nitrogen and oxygen atoms in total. The minimum Gasteiger partial charge on any atom is -0.439 e. The molecule has 1 aliphatic rings. The number of hydrogen-bond donors (Lipinski definition) is 1. The van der Waals surface area contributed by atoms with Gasteiger partial charge in [-0.05, 0) is 51.0 Å². The summed E-state index contributed by atoms with van der Waals surface area (Å²) in [6.07, 6.45) is 1.58. The Kier molecular flexibility index (Phi) is 15.2. The first-order chi connectivity index (χ1) is 18.5. The summed E-state index contributed by atoms with van der Waals surface area (Å²) in [5.74, 6) is 0.241. The maximum Gasteiger partial charge on any atom is 0.399 e. The second-order valence-electron chi connectivity index (χ2n) is 8.60. The number of halogens is 3. The highest BCUT2D eigenvalue weighted by molar-refractivity contribution is 7.97. The number of nitrogens with one attached hydrogen (secondary N) is 1. The smallest absolute Gasteiger partial charge is 0.399 e. The van der Waals surface area contributed by atoms with Gasteiger partial charge in [-0.3, -0.25) is 0 Å². The van der Waals surface area contributed by atoms with Gasteiger partial charge < -0.3 is 14.2 Å². The molecule has 39 heavy (non-hydrogen) atoms. The zero-order valence-electron chi connectivity index (χ0n) is 24.0. The van der Waals surface area contributed by atoms with Crippen LogP contribution in [0.25, 0.3) is 5.57 Å². The second-order valence-corrected chi connectivity index (χ2v) is 9.38. The first-order valence-corrected chi connectivity index (χ1v) is 13.8. The van der Waals surface area contributed by atoms with E-state index in [0.717, 1.165) is 11.1 Å². The van der Waals surface area contributed by atoms with E-state index < -0.39 is 17.5 Å². The van der Waals surface area contributed by atoms with E-state index in [2.05, 4.69) is 16.4 Å². The molecule has 1 N–H and O–H groups in total. The van der Waals surface area contributed by atoms with Gasteiger partial charge in [-0.1, -0.05) is 68.3 Å². The van der Waals surface area contributed by atoms with Crippen LogP contribution in [0.3, 0.4) is 0 Å². The summed E-state index contributed by atoms with van der Waals surface area (Å²) in [7, 11) is 1.61. The number of ether oxygens (including phenoxy) is 3. The minimum absolute atomic E-state index is 0.289. The Balaban J connectivity index is 0.00000116. The minimum atomic E-state index is -4.24. The summed E-state index contributed by atoms with van der Waals surface area (Å²) < 4.78 is 58.7. The third-order valence-electron chi connectivity index (χ3n) is 5.50. The van der Waals surface area contributed by atoms with Gasteiger partial charge in [-0.2, -0.15) is 18.3 Å². The third-order valence-corrected chi connectivity index (χ3v) is 6.51. The van der Waals surface area contributed by atoms with Gasteiger partial charge in [0.25, 0.3) is 0 Å². The number of benzene rings is 1. The summed E-state index contributed by atoms with van der Waals surface area (Å²) >= 11 is 0.633. The van der Waals surface area contributed by atoms with Crippen LogP contribution in [0.1, 0.15) is 45.9 Å². The third kappa shape index (κ3) is 11.6. The van der Waals surface area contributed by atoms with Gasteiger partial charge in [-0.15, -0.1) is 0 Å². The van der Waals surface area contributed by atoms with Gasteiger partial charge in [0, 0.05) is 13.2 Å². The van der Waals surface area contributed by atoms with Gasteiger partial charge in [0.2, 0.25) is 5.88 Å². The number of hydrogen-bond acceptors (Lipinski definition) is 6. The van der Waals surface area contributed by atoms with Gasteiger partial charge in [0.1, 0.15) is 11.5 Å². The molecular formula is C29H42F3N3O3S. The summed E-state index contributed by atoms with van der Waals surface area (Å²) in [5.41, 5.74) is 2.50. The molecule has 218 valence electrons. The van der Waals surface area contributed by atoms with E-state index in [1.807, 2.05) is 84.0 Å². The molecule has 0 saturated carbocycles. The Morgan fingerprint density at radius 2 is 1.82 bits per heavy atom. The molecule has 0 radical (unpaired) electrons. The molecule has 0 aliphatic carbocycles. The molecule has 2 heterocycles. The molecule has 2 aromatic rings. The molecule has 1 aromatic carbocycles. The second kappa shape index (κ2) is 17.2. The van der Waals surface area contributed by atoms with Crippen LogP contribution in [-0.2, 0) is 16.0 Å². The molecule has 0 bridgehead atoms. The van der Waals surface area contributed by atoms with Crippen molar-refractivity contribution in [1.82, 2.24) is 14.5 Å². The van der Waals surface area contributed by atoms with Crippen molar-refractivity contribution in [3.05, 3.63) is 72.0 Å². The van der Waals surface area contributed by atoms with Crippen molar-refractivity contribution < 1.29 is 27.4 Å². The Labute approximate surface area is 235 Å². The lowest BCUT2D eigenvalue weighted by atomic mass is 9.88. The number of methoxy groups -OCH3 is 1. The Hall–Kier alpha value is -2.53. The lowest BCUT2D eigenvalue weighted by Gasteiger charge is -2.43. The van der Waals surface area contributed by atoms with E-state index in [9.17, 15) is 13.2 Å². The highest BCUT2D eigenvalue weighted by atomic mass is 32.2. The maximum absolute atomic E-state index is 12.5. The first kappa shape index (κ1) is 34.5. The maximum atomic E-state index is 12.5. The first-order valence-electron chi connectivity index (χ1n) is 12.8. The number of nitrogens with zero attached hydrogens (tertiary/aromatic N) is 2. The summed E-state index contributed by atoms with van der Waals surface area (Å²) in [5, 5.41) is 4.60. The summed E-state index contributed by atoms with van der Waals surface area (Å²) in [4.78, 5) is 0. The highest BCUT2D eigenvalue weighted by Crippen LogP contribution is 2.32. The van der Waals surface area contributed by atoms with E-state index in [-0.39, 0.29) is 13.2 Å². The fourth-order valence-corrected chi connectivity index (χ4v) is 3.90. The molecule has 1 aliphatic heterocycles. The van der Waals surface area contributed by atoms with Crippen molar-refractivity contribution >= 4 is 17.5 Å². The summed E-state index contributed by atoms with van der Waals surface area (Å²) in [6.45, 7) is 17.5. The monoisotopic (exact) mass is 569 g/mol. The van der Waals surface area contributed by atoms with E-state index in [4.69, 9.17) is 14.2 Å². The zero-order chi connectivity index (χ0) is 29.5. The van der Waals surface area contributed by atoms with Crippen molar-refractivity contribution in [1.29, 1.82) is 0 Å². The Morgan fingerprint density at radius 1 is 1.21 bits per heavy atom. The van der Waals surface area contributed by atoms with Crippen LogP contribution in [0.15, 0.2) is 60.7 Å². The lowest BCUT2D eigenvalue weighted by Crippen LogP contribution is -2.59. The van der Waals surface area contributed by atoms with E-state index in [1.54, 1.807) is 17.9 Å². The van der Waals surface area contributed by atoms with Gasteiger partial charge in [0.05, 0.1) is 37.6 Å². The number of aryl methyl sites for hydroxylation is 1. The average Bonchev–Trinajstić information content (AvgIpc) is 3.29.